The van der Waals surface area contributed by atoms with Gasteiger partial charge in [-0.15, -0.1) is 10.2 Å². The molecule has 0 spiro atoms. The number of sulfonamides is 1. The van der Waals surface area contributed by atoms with E-state index >= 15 is 0 Å². The molecular weight excluding hydrogens is 502 g/mol. The molecule has 2 heterocycles. The molecule has 3 aromatic rings. The highest BCUT2D eigenvalue weighted by atomic mass is 32.2. The van der Waals surface area contributed by atoms with Gasteiger partial charge in [0.05, 0.1) is 36.8 Å². The molecule has 196 valence electrons. The van der Waals surface area contributed by atoms with Crippen LogP contribution in [0.2, 0.25) is 0 Å². The third-order valence-corrected chi connectivity index (χ3v) is 8.21. The van der Waals surface area contributed by atoms with E-state index in [1.165, 1.54) is 37.8 Å². The summed E-state index contributed by atoms with van der Waals surface area (Å²) >= 11 is 0. The van der Waals surface area contributed by atoms with Crippen LogP contribution in [0.5, 0.6) is 17.2 Å². The van der Waals surface area contributed by atoms with Gasteiger partial charge in [0, 0.05) is 43.9 Å². The molecule has 0 unspecified atom stereocenters. The van der Waals surface area contributed by atoms with Crippen LogP contribution in [-0.4, -0.2) is 75.4 Å². The zero-order valence-electron chi connectivity index (χ0n) is 20.9. The number of piperazine rings is 1. The fourth-order valence-corrected chi connectivity index (χ4v) is 5.82. The molecule has 4 rings (SSSR count). The zero-order valence-corrected chi connectivity index (χ0v) is 21.7. The predicted molar refractivity (Wildman–Crippen MR) is 136 cm³/mol. The third-order valence-electron chi connectivity index (χ3n) is 6.17. The van der Waals surface area contributed by atoms with Crippen LogP contribution in [0.25, 0.3) is 11.3 Å². The number of hydrogen-bond acceptors (Lipinski definition) is 10. The third kappa shape index (κ3) is 5.13. The van der Waals surface area contributed by atoms with Crippen LogP contribution in [-0.2, 0) is 10.0 Å². The molecule has 2 aromatic carbocycles. The fraction of sp³-hybridized carbons (Fsp3) is 0.333. The standard InChI is InChI=1S/C24H27N5O7S/c1-16-5-6-18(29(30)31)15-22(16)37(32,33)28-11-9-27(10-12-28)23-8-7-19(25-26-23)17-13-20(34-2)24(36-4)21(14-17)35-3/h5-8,13-15H,9-12H2,1-4H3. The fourth-order valence-electron chi connectivity index (χ4n) is 4.15. The van der Waals surface area contributed by atoms with Gasteiger partial charge in [-0.2, -0.15) is 4.31 Å². The monoisotopic (exact) mass is 529 g/mol. The maximum absolute atomic E-state index is 13.2. The molecule has 0 amide bonds. The van der Waals surface area contributed by atoms with Crippen molar-refractivity contribution in [1.82, 2.24) is 14.5 Å². The van der Waals surface area contributed by atoms with Gasteiger partial charge in [-0.3, -0.25) is 10.1 Å². The number of hydrogen-bond donors (Lipinski definition) is 0. The van der Waals surface area contributed by atoms with Crippen LogP contribution in [0.15, 0.2) is 47.4 Å². The Morgan fingerprint density at radius 3 is 2.05 bits per heavy atom. The van der Waals surface area contributed by atoms with E-state index < -0.39 is 14.9 Å². The lowest BCUT2D eigenvalue weighted by atomic mass is 10.1. The number of aromatic nitrogens is 2. The van der Waals surface area contributed by atoms with E-state index in [1.54, 1.807) is 19.1 Å². The number of methoxy groups -OCH3 is 3. The molecule has 1 saturated heterocycles. The average Bonchev–Trinajstić information content (AvgIpc) is 2.92. The number of non-ortho nitro benzene ring substituents is 1. The van der Waals surface area contributed by atoms with Gasteiger partial charge in [-0.25, -0.2) is 8.42 Å². The van der Waals surface area contributed by atoms with E-state index in [4.69, 9.17) is 14.2 Å². The number of nitro benzene ring substituents is 1. The first-order valence-electron chi connectivity index (χ1n) is 11.3. The Morgan fingerprint density at radius 1 is 0.892 bits per heavy atom. The quantitative estimate of drug-likeness (QED) is 0.316. The Morgan fingerprint density at radius 2 is 1.54 bits per heavy atom. The molecule has 1 fully saturated rings. The molecule has 0 saturated carbocycles. The van der Waals surface area contributed by atoms with Gasteiger partial charge in [0.2, 0.25) is 15.8 Å². The smallest absolute Gasteiger partial charge is 0.270 e. The van der Waals surface area contributed by atoms with Crippen molar-refractivity contribution in [1.29, 1.82) is 0 Å². The lowest BCUT2D eigenvalue weighted by Crippen LogP contribution is -2.49. The molecule has 1 aliphatic rings. The summed E-state index contributed by atoms with van der Waals surface area (Å²) in [6, 6.07) is 11.1. The molecule has 0 aliphatic carbocycles. The number of rotatable bonds is 8. The lowest BCUT2D eigenvalue weighted by Gasteiger charge is -2.34. The second kappa shape index (κ2) is 10.6. The Labute approximate surface area is 214 Å². The number of benzene rings is 2. The molecule has 1 aliphatic heterocycles. The number of anilines is 1. The minimum Gasteiger partial charge on any atom is -0.493 e. The maximum Gasteiger partial charge on any atom is 0.270 e. The summed E-state index contributed by atoms with van der Waals surface area (Å²) < 4.78 is 43.9. The van der Waals surface area contributed by atoms with E-state index in [1.807, 2.05) is 17.0 Å². The van der Waals surface area contributed by atoms with Crippen molar-refractivity contribution in [2.24, 2.45) is 0 Å². The highest BCUT2D eigenvalue weighted by Gasteiger charge is 2.31. The van der Waals surface area contributed by atoms with Gasteiger partial charge < -0.3 is 19.1 Å². The van der Waals surface area contributed by atoms with Crippen LogP contribution >= 0.6 is 0 Å². The van der Waals surface area contributed by atoms with Gasteiger partial charge in [-0.05, 0) is 36.8 Å². The first-order valence-corrected chi connectivity index (χ1v) is 12.8. The van der Waals surface area contributed by atoms with Crippen molar-refractivity contribution in [2.45, 2.75) is 11.8 Å². The minimum absolute atomic E-state index is 0.0513. The summed E-state index contributed by atoms with van der Waals surface area (Å²) in [7, 11) is 0.724. The van der Waals surface area contributed by atoms with Gasteiger partial charge in [0.15, 0.2) is 17.3 Å². The molecule has 1 aromatic heterocycles. The van der Waals surface area contributed by atoms with E-state index in [9.17, 15) is 18.5 Å². The van der Waals surface area contributed by atoms with Gasteiger partial charge in [0.25, 0.3) is 5.69 Å². The van der Waals surface area contributed by atoms with Gasteiger partial charge >= 0.3 is 0 Å². The van der Waals surface area contributed by atoms with Gasteiger partial charge in [-0.1, -0.05) is 6.07 Å². The molecule has 0 N–H and O–H groups in total. The summed E-state index contributed by atoms with van der Waals surface area (Å²) in [4.78, 5) is 12.4. The van der Waals surface area contributed by atoms with E-state index in [2.05, 4.69) is 10.2 Å². The average molecular weight is 530 g/mol. The summed E-state index contributed by atoms with van der Waals surface area (Å²) in [5.41, 5.74) is 1.54. The maximum atomic E-state index is 13.2. The normalized spacial score (nSPS) is 14.3. The second-order valence-corrected chi connectivity index (χ2v) is 10.2. The molecular formula is C24H27N5O7S. The highest BCUT2D eigenvalue weighted by Crippen LogP contribution is 2.40. The Balaban J connectivity index is 1.49. The van der Waals surface area contributed by atoms with Crippen molar-refractivity contribution >= 4 is 21.5 Å². The van der Waals surface area contributed by atoms with Crippen molar-refractivity contribution in [3.05, 3.63) is 58.1 Å². The van der Waals surface area contributed by atoms with Crippen molar-refractivity contribution in [3.8, 4) is 28.5 Å². The second-order valence-electron chi connectivity index (χ2n) is 8.29. The first-order chi connectivity index (χ1) is 17.7. The van der Waals surface area contributed by atoms with Gasteiger partial charge in [0.1, 0.15) is 0 Å². The topological polar surface area (TPSA) is 137 Å². The number of nitro groups is 1. The van der Waals surface area contributed by atoms with E-state index in [0.29, 0.717) is 47.4 Å². The zero-order chi connectivity index (χ0) is 26.7. The summed E-state index contributed by atoms with van der Waals surface area (Å²) in [6.45, 7) is 2.83. The van der Waals surface area contributed by atoms with Crippen LogP contribution in [0.4, 0.5) is 11.5 Å². The molecule has 0 bridgehead atoms. The van der Waals surface area contributed by atoms with Crippen LogP contribution < -0.4 is 19.1 Å². The van der Waals surface area contributed by atoms with Crippen molar-refractivity contribution in [3.63, 3.8) is 0 Å². The highest BCUT2D eigenvalue weighted by molar-refractivity contribution is 7.89. The molecule has 0 atom stereocenters. The Kier molecular flexibility index (Phi) is 7.45. The SMILES string of the molecule is COc1cc(-c2ccc(N3CCN(S(=O)(=O)c4cc([N+](=O)[O-])ccc4C)CC3)nn2)cc(OC)c1OC. The first kappa shape index (κ1) is 26.1. The lowest BCUT2D eigenvalue weighted by molar-refractivity contribution is -0.385. The molecule has 37 heavy (non-hydrogen) atoms. The van der Waals surface area contributed by atoms with Crippen LogP contribution in [0, 0.1) is 17.0 Å². The van der Waals surface area contributed by atoms with E-state index in [0.717, 1.165) is 11.6 Å². The van der Waals surface area contributed by atoms with Crippen molar-refractivity contribution < 1.29 is 27.6 Å². The van der Waals surface area contributed by atoms with Crippen molar-refractivity contribution in [2.75, 3.05) is 52.4 Å². The summed E-state index contributed by atoms with van der Waals surface area (Å²) in [6.07, 6.45) is 0. The summed E-state index contributed by atoms with van der Waals surface area (Å²) in [5, 5.41) is 19.8. The number of nitrogens with zero attached hydrogens (tertiary/aromatic N) is 5. The predicted octanol–water partition coefficient (Wildman–Crippen LogP) is 2.90. The Hall–Kier alpha value is -3.97. The minimum atomic E-state index is -3.88. The summed E-state index contributed by atoms with van der Waals surface area (Å²) in [5.74, 6) is 2.09. The molecule has 12 nitrogen and oxygen atoms in total. The largest absolute Gasteiger partial charge is 0.493 e. The Bertz CT molecular complexity index is 1380. The van der Waals surface area contributed by atoms with Crippen LogP contribution in [0.1, 0.15) is 5.56 Å². The molecule has 0 radical (unpaired) electrons. The number of ether oxygens (including phenoxy) is 3. The number of aryl methyl sites for hydroxylation is 1. The van der Waals surface area contributed by atoms with E-state index in [-0.39, 0.29) is 23.7 Å². The van der Waals surface area contributed by atoms with Crippen LogP contribution in [0.3, 0.4) is 0 Å². The molecule has 13 heteroatoms.